The number of unbranched alkanes of at least 4 members (excludes halogenated alkanes) is 1. The van der Waals surface area contributed by atoms with Crippen LogP contribution in [0, 0.1) is 0 Å². The lowest BCUT2D eigenvalue weighted by Crippen LogP contribution is -2.49. The maximum atomic E-state index is 11.8. The monoisotopic (exact) mass is 251 g/mol. The predicted molar refractivity (Wildman–Crippen MR) is 65.5 cm³/mol. The summed E-state index contributed by atoms with van der Waals surface area (Å²) >= 11 is 0. The van der Waals surface area contributed by atoms with Gasteiger partial charge in [0.05, 0.1) is 19.3 Å². The Labute approximate surface area is 105 Å². The third-order valence-corrected chi connectivity index (χ3v) is 2.80. The molecule has 0 aliphatic carbocycles. The summed E-state index contributed by atoms with van der Waals surface area (Å²) in [7, 11) is 0. The van der Waals surface area contributed by atoms with Gasteiger partial charge >= 0.3 is 0 Å². The Morgan fingerprint density at radius 2 is 2.33 bits per heavy atom. The Morgan fingerprint density at radius 1 is 1.56 bits per heavy atom. The number of carbonyl (C=O) groups is 1. The number of hydrogen-bond donors (Lipinski definition) is 1. The van der Waals surface area contributed by atoms with Crippen molar-refractivity contribution in [3.8, 4) is 0 Å². The van der Waals surface area contributed by atoms with Crippen LogP contribution in [0.25, 0.3) is 0 Å². The summed E-state index contributed by atoms with van der Waals surface area (Å²) in [6.45, 7) is 3.67. The summed E-state index contributed by atoms with van der Waals surface area (Å²) in [6, 6.07) is 2.91. The lowest BCUT2D eigenvalue weighted by molar-refractivity contribution is -0.00358. The van der Waals surface area contributed by atoms with E-state index in [1.165, 1.54) is 16.8 Å². The number of rotatable bonds is 5. The average Bonchev–Trinajstić information content (AvgIpc) is 2.32. The van der Waals surface area contributed by atoms with Gasteiger partial charge < -0.3 is 10.1 Å². The normalized spacial score (nSPS) is 15.2. The molecule has 1 aliphatic heterocycles. The summed E-state index contributed by atoms with van der Waals surface area (Å²) in [6.07, 6.45) is 1.85. The predicted octanol–water partition coefficient (Wildman–Crippen LogP) is 0.172. The topological polar surface area (TPSA) is 73.2 Å². The highest BCUT2D eigenvalue weighted by atomic mass is 16.5. The van der Waals surface area contributed by atoms with Gasteiger partial charge in [-0.3, -0.25) is 9.59 Å². The minimum Gasteiger partial charge on any atom is -0.377 e. The van der Waals surface area contributed by atoms with E-state index < -0.39 is 0 Å². The van der Waals surface area contributed by atoms with Gasteiger partial charge in [-0.1, -0.05) is 13.3 Å². The lowest BCUT2D eigenvalue weighted by atomic mass is 10.2. The first-order valence-corrected chi connectivity index (χ1v) is 6.17. The largest absolute Gasteiger partial charge is 0.377 e. The number of carbonyl (C=O) groups excluding carboxylic acids is 1. The quantitative estimate of drug-likeness (QED) is 0.809. The van der Waals surface area contributed by atoms with Crippen molar-refractivity contribution in [3.05, 3.63) is 28.2 Å². The van der Waals surface area contributed by atoms with Crippen molar-refractivity contribution in [2.24, 2.45) is 0 Å². The Bertz CT molecular complexity index is 480. The minimum absolute atomic E-state index is 0.0651. The van der Waals surface area contributed by atoms with Gasteiger partial charge in [0.25, 0.3) is 11.5 Å². The van der Waals surface area contributed by atoms with Gasteiger partial charge in [-0.05, 0) is 12.5 Å². The van der Waals surface area contributed by atoms with Crippen LogP contribution < -0.4 is 10.9 Å². The number of aromatic nitrogens is 2. The minimum atomic E-state index is -0.256. The molecule has 0 radical (unpaired) electrons. The number of hydrogen-bond acceptors (Lipinski definition) is 4. The number of nitrogens with zero attached hydrogens (tertiary/aromatic N) is 2. The molecule has 6 heteroatoms. The lowest BCUT2D eigenvalue weighted by Gasteiger charge is -2.26. The highest BCUT2D eigenvalue weighted by molar-refractivity contribution is 5.92. The van der Waals surface area contributed by atoms with Crippen LogP contribution in [0.15, 0.2) is 16.9 Å². The molecular weight excluding hydrogens is 234 g/mol. The molecule has 1 aromatic heterocycles. The second-order valence-electron chi connectivity index (χ2n) is 4.34. The first-order chi connectivity index (χ1) is 8.70. The first-order valence-electron chi connectivity index (χ1n) is 6.17. The van der Waals surface area contributed by atoms with E-state index in [2.05, 4.69) is 10.4 Å². The molecule has 6 nitrogen and oxygen atoms in total. The van der Waals surface area contributed by atoms with Crippen LogP contribution in [0.1, 0.15) is 30.3 Å². The van der Waals surface area contributed by atoms with E-state index in [-0.39, 0.29) is 23.2 Å². The van der Waals surface area contributed by atoms with Crippen molar-refractivity contribution in [2.45, 2.75) is 32.4 Å². The molecule has 1 fully saturated rings. The fourth-order valence-corrected chi connectivity index (χ4v) is 1.62. The summed E-state index contributed by atoms with van der Waals surface area (Å²) in [5.74, 6) is -0.256. The molecule has 0 aromatic carbocycles. The van der Waals surface area contributed by atoms with E-state index in [1.54, 1.807) is 0 Å². The molecule has 0 saturated carbocycles. The summed E-state index contributed by atoms with van der Waals surface area (Å²) in [5, 5.41) is 6.87. The molecule has 0 spiro atoms. The molecule has 0 atom stereocenters. The van der Waals surface area contributed by atoms with Gasteiger partial charge in [0.15, 0.2) is 0 Å². The number of aryl methyl sites for hydroxylation is 1. The van der Waals surface area contributed by atoms with E-state index >= 15 is 0 Å². The van der Waals surface area contributed by atoms with Crippen LogP contribution in [0.3, 0.4) is 0 Å². The molecule has 1 aliphatic rings. The van der Waals surface area contributed by atoms with Gasteiger partial charge in [-0.2, -0.15) is 5.10 Å². The third-order valence-electron chi connectivity index (χ3n) is 2.80. The van der Waals surface area contributed by atoms with Crippen molar-refractivity contribution in [3.63, 3.8) is 0 Å². The van der Waals surface area contributed by atoms with Gasteiger partial charge in [0.2, 0.25) is 0 Å². The zero-order chi connectivity index (χ0) is 13.0. The van der Waals surface area contributed by atoms with Crippen molar-refractivity contribution < 1.29 is 9.53 Å². The number of ether oxygens (including phenoxy) is 1. The second-order valence-corrected chi connectivity index (χ2v) is 4.34. The molecule has 18 heavy (non-hydrogen) atoms. The van der Waals surface area contributed by atoms with Crippen LogP contribution in [-0.2, 0) is 11.3 Å². The van der Waals surface area contributed by atoms with Crippen molar-refractivity contribution >= 4 is 5.91 Å². The van der Waals surface area contributed by atoms with Crippen molar-refractivity contribution in [2.75, 3.05) is 13.2 Å². The second kappa shape index (κ2) is 5.77. The molecule has 1 N–H and O–H groups in total. The molecule has 0 bridgehead atoms. The van der Waals surface area contributed by atoms with Crippen LogP contribution in [0.2, 0.25) is 0 Å². The maximum absolute atomic E-state index is 11.8. The standard InChI is InChI=1S/C12H17N3O3/c1-2-3-6-15-11(16)5-4-10(14-15)12(17)13-9-7-18-8-9/h4-5,9H,2-3,6-8H2,1H3,(H,13,17). The van der Waals surface area contributed by atoms with Gasteiger partial charge in [0.1, 0.15) is 5.69 Å². The maximum Gasteiger partial charge on any atom is 0.272 e. The van der Waals surface area contributed by atoms with Crippen LogP contribution in [-0.4, -0.2) is 34.9 Å². The van der Waals surface area contributed by atoms with Gasteiger partial charge in [-0.25, -0.2) is 4.68 Å². The summed E-state index contributed by atoms with van der Waals surface area (Å²) < 4.78 is 6.32. The van der Waals surface area contributed by atoms with Crippen LogP contribution in [0.4, 0.5) is 0 Å². The summed E-state index contributed by atoms with van der Waals surface area (Å²) in [5.41, 5.74) is 0.101. The zero-order valence-electron chi connectivity index (χ0n) is 10.4. The molecular formula is C12H17N3O3. The van der Waals surface area contributed by atoms with Crippen molar-refractivity contribution in [1.82, 2.24) is 15.1 Å². The van der Waals surface area contributed by atoms with Crippen LogP contribution >= 0.6 is 0 Å². The number of amides is 1. The Kier molecular flexibility index (Phi) is 4.09. The first kappa shape index (κ1) is 12.8. The molecule has 2 rings (SSSR count). The molecule has 1 saturated heterocycles. The average molecular weight is 251 g/mol. The highest BCUT2D eigenvalue weighted by Crippen LogP contribution is 2.01. The van der Waals surface area contributed by atoms with E-state index in [0.29, 0.717) is 19.8 Å². The van der Waals surface area contributed by atoms with E-state index in [4.69, 9.17) is 4.74 Å². The molecule has 2 heterocycles. The Hall–Kier alpha value is -1.69. The van der Waals surface area contributed by atoms with E-state index in [0.717, 1.165) is 12.8 Å². The Balaban J connectivity index is 2.07. The third kappa shape index (κ3) is 2.95. The van der Waals surface area contributed by atoms with Crippen LogP contribution in [0.5, 0.6) is 0 Å². The Morgan fingerprint density at radius 3 is 2.94 bits per heavy atom. The van der Waals surface area contributed by atoms with E-state index in [9.17, 15) is 9.59 Å². The number of nitrogens with one attached hydrogen (secondary N) is 1. The fourth-order valence-electron chi connectivity index (χ4n) is 1.62. The van der Waals surface area contributed by atoms with Gasteiger partial charge in [0, 0.05) is 12.6 Å². The molecule has 1 amide bonds. The van der Waals surface area contributed by atoms with Crippen molar-refractivity contribution in [1.29, 1.82) is 0 Å². The SMILES string of the molecule is CCCCn1nc(C(=O)NC2COC2)ccc1=O. The molecule has 1 aromatic rings. The summed E-state index contributed by atoms with van der Waals surface area (Å²) in [4.78, 5) is 23.4. The highest BCUT2D eigenvalue weighted by Gasteiger charge is 2.21. The van der Waals surface area contributed by atoms with E-state index in [1.807, 2.05) is 6.92 Å². The van der Waals surface area contributed by atoms with Gasteiger partial charge in [-0.15, -0.1) is 0 Å². The fraction of sp³-hybridized carbons (Fsp3) is 0.583. The molecule has 0 unspecified atom stereocenters. The molecule has 98 valence electrons. The zero-order valence-corrected chi connectivity index (χ0v) is 10.4. The smallest absolute Gasteiger partial charge is 0.272 e.